The monoisotopic (exact) mass is 255 g/mol. The number of fused-ring (bicyclic) bond motifs is 1. The lowest BCUT2D eigenvalue weighted by Crippen LogP contribution is -2.02. The first-order valence-electron chi connectivity index (χ1n) is 6.16. The van der Waals surface area contributed by atoms with Gasteiger partial charge in [-0.3, -0.25) is 0 Å². The number of imidazole rings is 1. The van der Waals surface area contributed by atoms with E-state index in [1.54, 1.807) is 12.1 Å². The van der Waals surface area contributed by atoms with Crippen LogP contribution in [0.3, 0.4) is 0 Å². The van der Waals surface area contributed by atoms with Crippen molar-refractivity contribution in [3.63, 3.8) is 0 Å². The van der Waals surface area contributed by atoms with Crippen molar-refractivity contribution in [2.45, 2.75) is 13.0 Å². The molecule has 0 atom stereocenters. The number of nitrogens with zero attached hydrogens (tertiary/aromatic N) is 2. The molecule has 0 unspecified atom stereocenters. The van der Waals surface area contributed by atoms with E-state index in [1.165, 1.54) is 12.1 Å². The number of hydrogen-bond acceptors (Lipinski definition) is 2. The summed E-state index contributed by atoms with van der Waals surface area (Å²) in [7, 11) is 0. The quantitative estimate of drug-likeness (QED) is 0.781. The van der Waals surface area contributed by atoms with Crippen LogP contribution in [0.2, 0.25) is 0 Å². The number of rotatable bonds is 3. The Morgan fingerprint density at radius 2 is 1.89 bits per heavy atom. The third-order valence-electron chi connectivity index (χ3n) is 3.13. The average molecular weight is 255 g/mol. The molecular formula is C15H14FN3. The molecule has 2 heterocycles. The van der Waals surface area contributed by atoms with Crippen LogP contribution in [0.4, 0.5) is 4.39 Å². The Kier molecular flexibility index (Phi) is 3.01. The van der Waals surface area contributed by atoms with Gasteiger partial charge in [0.1, 0.15) is 11.5 Å². The molecule has 0 aliphatic carbocycles. The molecule has 4 heteroatoms. The summed E-state index contributed by atoms with van der Waals surface area (Å²) in [5.41, 5.74) is 9.61. The van der Waals surface area contributed by atoms with Crippen molar-refractivity contribution in [1.29, 1.82) is 0 Å². The maximum absolute atomic E-state index is 12.9. The van der Waals surface area contributed by atoms with Crippen LogP contribution in [-0.2, 0) is 13.0 Å². The molecule has 19 heavy (non-hydrogen) atoms. The number of aromatic nitrogens is 2. The van der Waals surface area contributed by atoms with E-state index in [4.69, 9.17) is 5.73 Å². The Balaban J connectivity index is 1.95. The fraction of sp³-hybridized carbons (Fsp3) is 0.133. The van der Waals surface area contributed by atoms with Gasteiger partial charge in [0.25, 0.3) is 0 Å². The number of pyridine rings is 1. The third-order valence-corrected chi connectivity index (χ3v) is 3.13. The zero-order valence-corrected chi connectivity index (χ0v) is 10.4. The van der Waals surface area contributed by atoms with E-state index in [2.05, 4.69) is 4.98 Å². The summed E-state index contributed by atoms with van der Waals surface area (Å²) in [5.74, 6) is -0.218. The molecule has 2 N–H and O–H groups in total. The summed E-state index contributed by atoms with van der Waals surface area (Å²) in [5, 5.41) is 0. The molecule has 0 aliphatic rings. The molecule has 2 aromatic heterocycles. The van der Waals surface area contributed by atoms with Crippen molar-refractivity contribution in [3.8, 4) is 0 Å². The van der Waals surface area contributed by atoms with Crippen LogP contribution in [0.5, 0.6) is 0 Å². The van der Waals surface area contributed by atoms with Crippen molar-refractivity contribution in [2.75, 3.05) is 0 Å². The molecule has 0 aliphatic heterocycles. The van der Waals surface area contributed by atoms with Crippen LogP contribution >= 0.6 is 0 Å². The van der Waals surface area contributed by atoms with Crippen LogP contribution in [0.15, 0.2) is 48.7 Å². The van der Waals surface area contributed by atoms with E-state index < -0.39 is 0 Å². The summed E-state index contributed by atoms with van der Waals surface area (Å²) in [6, 6.07) is 12.4. The van der Waals surface area contributed by atoms with Crippen LogP contribution in [0.25, 0.3) is 5.65 Å². The minimum Gasteiger partial charge on any atom is -0.325 e. The van der Waals surface area contributed by atoms with Gasteiger partial charge in [-0.2, -0.15) is 0 Å². The Bertz CT molecular complexity index is 701. The molecule has 0 spiro atoms. The highest BCUT2D eigenvalue weighted by Gasteiger charge is 2.05. The third kappa shape index (κ3) is 2.35. The fourth-order valence-corrected chi connectivity index (χ4v) is 2.18. The lowest BCUT2D eigenvalue weighted by Gasteiger charge is -2.00. The first kappa shape index (κ1) is 11.9. The largest absolute Gasteiger partial charge is 0.325 e. The van der Waals surface area contributed by atoms with Gasteiger partial charge >= 0.3 is 0 Å². The SMILES string of the molecule is NCc1cccc2nc(Cc3ccc(F)cc3)cn12. The minimum atomic E-state index is -0.218. The molecule has 3 aromatic rings. The highest BCUT2D eigenvalue weighted by atomic mass is 19.1. The maximum Gasteiger partial charge on any atom is 0.137 e. The van der Waals surface area contributed by atoms with E-state index in [1.807, 2.05) is 28.8 Å². The lowest BCUT2D eigenvalue weighted by molar-refractivity contribution is 0.627. The molecule has 1 aromatic carbocycles. The summed E-state index contributed by atoms with van der Waals surface area (Å²) in [6.07, 6.45) is 2.67. The lowest BCUT2D eigenvalue weighted by atomic mass is 10.1. The van der Waals surface area contributed by atoms with Gasteiger partial charge in [-0.25, -0.2) is 9.37 Å². The molecule has 0 radical (unpaired) electrons. The predicted octanol–water partition coefficient (Wildman–Crippen LogP) is 2.52. The summed E-state index contributed by atoms with van der Waals surface area (Å²) >= 11 is 0. The molecule has 3 nitrogen and oxygen atoms in total. The van der Waals surface area contributed by atoms with Crippen molar-refractivity contribution in [3.05, 3.63) is 71.4 Å². The van der Waals surface area contributed by atoms with Gasteiger partial charge in [0.2, 0.25) is 0 Å². The fourth-order valence-electron chi connectivity index (χ4n) is 2.18. The van der Waals surface area contributed by atoms with Crippen LogP contribution in [0, 0.1) is 5.82 Å². The smallest absolute Gasteiger partial charge is 0.137 e. The van der Waals surface area contributed by atoms with E-state index in [0.29, 0.717) is 13.0 Å². The van der Waals surface area contributed by atoms with Gasteiger partial charge in [0.15, 0.2) is 0 Å². The molecule has 0 saturated carbocycles. The van der Waals surface area contributed by atoms with Crippen LogP contribution < -0.4 is 5.73 Å². The molecule has 0 fully saturated rings. The average Bonchev–Trinajstić information content (AvgIpc) is 2.83. The molecule has 0 saturated heterocycles. The molecule has 96 valence electrons. The zero-order valence-electron chi connectivity index (χ0n) is 10.4. The Hall–Kier alpha value is -2.20. The van der Waals surface area contributed by atoms with Crippen molar-refractivity contribution < 1.29 is 4.39 Å². The van der Waals surface area contributed by atoms with Crippen LogP contribution in [0.1, 0.15) is 17.0 Å². The van der Waals surface area contributed by atoms with Gasteiger partial charge in [0.05, 0.1) is 5.69 Å². The minimum absolute atomic E-state index is 0.218. The van der Waals surface area contributed by atoms with Gasteiger partial charge in [0, 0.05) is 24.9 Å². The molecule has 3 rings (SSSR count). The first-order valence-corrected chi connectivity index (χ1v) is 6.16. The Morgan fingerprint density at radius 1 is 1.11 bits per heavy atom. The van der Waals surface area contributed by atoms with E-state index in [0.717, 1.165) is 22.6 Å². The normalized spacial score (nSPS) is 11.1. The van der Waals surface area contributed by atoms with Crippen molar-refractivity contribution in [2.24, 2.45) is 5.73 Å². The standard InChI is InChI=1S/C15H14FN3/c16-12-6-4-11(5-7-12)8-13-10-19-14(9-17)2-1-3-15(19)18-13/h1-7,10H,8-9,17H2. The van der Waals surface area contributed by atoms with E-state index in [-0.39, 0.29) is 5.82 Å². The summed E-state index contributed by atoms with van der Waals surface area (Å²) in [6.45, 7) is 0.476. The van der Waals surface area contributed by atoms with Crippen LogP contribution in [-0.4, -0.2) is 9.38 Å². The van der Waals surface area contributed by atoms with Gasteiger partial charge in [-0.15, -0.1) is 0 Å². The number of halogens is 1. The second-order valence-corrected chi connectivity index (χ2v) is 4.48. The Labute approximate surface area is 110 Å². The second-order valence-electron chi connectivity index (χ2n) is 4.48. The number of nitrogens with two attached hydrogens (primary N) is 1. The highest BCUT2D eigenvalue weighted by molar-refractivity contribution is 5.42. The topological polar surface area (TPSA) is 43.3 Å². The van der Waals surface area contributed by atoms with Crippen molar-refractivity contribution in [1.82, 2.24) is 9.38 Å². The summed E-state index contributed by atoms with van der Waals surface area (Å²) < 4.78 is 14.9. The van der Waals surface area contributed by atoms with E-state index >= 15 is 0 Å². The molecule has 0 bridgehead atoms. The first-order chi connectivity index (χ1) is 9.26. The van der Waals surface area contributed by atoms with Crippen molar-refractivity contribution >= 4 is 5.65 Å². The maximum atomic E-state index is 12.9. The van der Waals surface area contributed by atoms with Gasteiger partial charge in [-0.05, 0) is 29.8 Å². The molecular weight excluding hydrogens is 241 g/mol. The number of benzene rings is 1. The summed E-state index contributed by atoms with van der Waals surface area (Å²) in [4.78, 5) is 4.55. The van der Waals surface area contributed by atoms with Gasteiger partial charge in [-0.1, -0.05) is 18.2 Å². The highest BCUT2D eigenvalue weighted by Crippen LogP contribution is 2.13. The predicted molar refractivity (Wildman–Crippen MR) is 72.3 cm³/mol. The second kappa shape index (κ2) is 4.82. The molecule has 0 amide bonds. The van der Waals surface area contributed by atoms with Gasteiger partial charge < -0.3 is 10.1 Å². The van der Waals surface area contributed by atoms with E-state index in [9.17, 15) is 4.39 Å². The Morgan fingerprint density at radius 3 is 2.63 bits per heavy atom. The number of hydrogen-bond donors (Lipinski definition) is 1. The zero-order chi connectivity index (χ0) is 13.2.